The van der Waals surface area contributed by atoms with Crippen LogP contribution in [0.4, 0.5) is 0 Å². The Kier molecular flexibility index (Phi) is 5.13. The largest absolute Gasteiger partial charge is 0.396 e. The molecule has 6 nitrogen and oxygen atoms in total. The molecule has 6 fully saturated rings. The second-order valence-corrected chi connectivity index (χ2v) is 12.9. The van der Waals surface area contributed by atoms with Crippen LogP contribution in [0.25, 0.3) is 0 Å². The van der Waals surface area contributed by atoms with E-state index in [1.54, 1.807) is 0 Å². The van der Waals surface area contributed by atoms with Crippen LogP contribution in [0.2, 0.25) is 0 Å². The zero-order valence-electron chi connectivity index (χ0n) is 19.7. The van der Waals surface area contributed by atoms with E-state index in [2.05, 4.69) is 13.8 Å². The molecule has 13 atom stereocenters. The molecule has 6 aliphatic rings. The van der Waals surface area contributed by atoms with Crippen LogP contribution in [0.3, 0.4) is 0 Å². The Morgan fingerprint density at radius 1 is 0.844 bits per heavy atom. The van der Waals surface area contributed by atoms with Gasteiger partial charge in [0.25, 0.3) is 0 Å². The van der Waals surface area contributed by atoms with Crippen LogP contribution in [-0.4, -0.2) is 63.8 Å². The van der Waals surface area contributed by atoms with Crippen molar-refractivity contribution < 1.29 is 29.9 Å². The Morgan fingerprint density at radius 3 is 2.41 bits per heavy atom. The highest BCUT2D eigenvalue weighted by atomic mass is 16.7. The minimum atomic E-state index is -0.876. The highest BCUT2D eigenvalue weighted by Gasteiger charge is 2.68. The van der Waals surface area contributed by atoms with E-state index < -0.39 is 24.1 Å². The quantitative estimate of drug-likeness (QED) is 0.490. The molecule has 13 unspecified atom stereocenters. The van der Waals surface area contributed by atoms with Crippen molar-refractivity contribution in [1.82, 2.24) is 0 Å². The van der Waals surface area contributed by atoms with Gasteiger partial charge in [0.1, 0.15) is 6.10 Å². The van der Waals surface area contributed by atoms with Crippen molar-refractivity contribution in [2.24, 2.45) is 46.3 Å². The topological polar surface area (TPSA) is 99.4 Å². The summed E-state index contributed by atoms with van der Waals surface area (Å²) in [5.74, 6) is 1.98. The van der Waals surface area contributed by atoms with E-state index in [4.69, 9.17) is 9.47 Å². The maximum absolute atomic E-state index is 10.9. The zero-order chi connectivity index (χ0) is 22.5. The van der Waals surface area contributed by atoms with Gasteiger partial charge in [-0.1, -0.05) is 13.8 Å². The molecule has 0 amide bonds. The molecular weight excluding hydrogens is 408 g/mol. The first kappa shape index (κ1) is 22.2. The van der Waals surface area contributed by atoms with Crippen LogP contribution in [0.1, 0.15) is 71.6 Å². The summed E-state index contributed by atoms with van der Waals surface area (Å²) in [5.41, 5.74) is 0.340. The summed E-state index contributed by atoms with van der Waals surface area (Å²) < 4.78 is 12.7. The first-order valence-corrected chi connectivity index (χ1v) is 13.2. The van der Waals surface area contributed by atoms with E-state index >= 15 is 0 Å². The average Bonchev–Trinajstić information content (AvgIpc) is 3.25. The first-order valence-electron chi connectivity index (χ1n) is 13.2. The van der Waals surface area contributed by atoms with Gasteiger partial charge in [0, 0.05) is 18.9 Å². The molecule has 0 aromatic carbocycles. The monoisotopic (exact) mass is 450 g/mol. The third kappa shape index (κ3) is 2.92. The van der Waals surface area contributed by atoms with E-state index in [1.165, 1.54) is 25.7 Å². The molecule has 4 aliphatic carbocycles. The summed E-state index contributed by atoms with van der Waals surface area (Å²) in [4.78, 5) is 0. The standard InChI is InChI=1S/C26H42O6/c1-24-6-5-17-16(4-3-15-8-20(28)21(29)11-25(15,17)2)18(24)9-22-19(24)10-26(32-22)23(30)7-14(12-27)13-31-26/h14-23,27-30H,3-13H2,1-2H3. The summed E-state index contributed by atoms with van der Waals surface area (Å²) in [7, 11) is 0. The molecule has 6 rings (SSSR count). The molecule has 2 saturated heterocycles. The lowest BCUT2D eigenvalue weighted by Gasteiger charge is -2.61. The SMILES string of the molecule is CC12CC(O)C(O)CC1CCC1C2CCC2(C)C3CC4(OCC(CO)CC4O)OC3CC12. The van der Waals surface area contributed by atoms with E-state index in [9.17, 15) is 20.4 Å². The molecule has 1 spiro atoms. The molecule has 182 valence electrons. The second-order valence-electron chi connectivity index (χ2n) is 12.9. The highest BCUT2D eigenvalue weighted by Crippen LogP contribution is 2.70. The van der Waals surface area contributed by atoms with Crippen LogP contribution in [0.5, 0.6) is 0 Å². The number of hydrogen-bond donors (Lipinski definition) is 4. The minimum Gasteiger partial charge on any atom is -0.396 e. The molecule has 6 heteroatoms. The summed E-state index contributed by atoms with van der Waals surface area (Å²) in [6.45, 7) is 5.39. The maximum Gasteiger partial charge on any atom is 0.195 e. The van der Waals surface area contributed by atoms with E-state index in [1.807, 2.05) is 0 Å². The molecule has 0 radical (unpaired) electrons. The van der Waals surface area contributed by atoms with Gasteiger partial charge in [-0.05, 0) is 91.8 Å². The van der Waals surface area contributed by atoms with Crippen LogP contribution in [-0.2, 0) is 9.47 Å². The summed E-state index contributed by atoms with van der Waals surface area (Å²) in [6, 6.07) is 0. The van der Waals surface area contributed by atoms with Gasteiger partial charge in [-0.15, -0.1) is 0 Å². The summed E-state index contributed by atoms with van der Waals surface area (Å²) in [5, 5.41) is 41.2. The highest BCUT2D eigenvalue weighted by molar-refractivity contribution is 5.15. The smallest absolute Gasteiger partial charge is 0.195 e. The Morgan fingerprint density at radius 2 is 1.66 bits per heavy atom. The van der Waals surface area contributed by atoms with Crippen LogP contribution >= 0.6 is 0 Å². The van der Waals surface area contributed by atoms with Crippen molar-refractivity contribution in [3.63, 3.8) is 0 Å². The number of ether oxygens (including phenoxy) is 2. The van der Waals surface area contributed by atoms with Crippen LogP contribution < -0.4 is 0 Å². The number of fused-ring (bicyclic) bond motifs is 7. The van der Waals surface area contributed by atoms with Crippen molar-refractivity contribution in [1.29, 1.82) is 0 Å². The normalized spacial score (nSPS) is 61.7. The number of rotatable bonds is 1. The Labute approximate surface area is 191 Å². The van der Waals surface area contributed by atoms with Gasteiger partial charge in [0.2, 0.25) is 0 Å². The minimum absolute atomic E-state index is 0.00118. The molecular formula is C26H42O6. The fourth-order valence-corrected chi connectivity index (χ4v) is 9.83. The fourth-order valence-electron chi connectivity index (χ4n) is 9.83. The molecule has 0 aromatic rings. The van der Waals surface area contributed by atoms with Gasteiger partial charge in [-0.2, -0.15) is 0 Å². The third-order valence-electron chi connectivity index (χ3n) is 11.6. The van der Waals surface area contributed by atoms with E-state index in [-0.39, 0.29) is 29.5 Å². The van der Waals surface area contributed by atoms with Gasteiger partial charge in [-0.3, -0.25) is 0 Å². The molecule has 2 heterocycles. The fraction of sp³-hybridized carbons (Fsp3) is 1.00. The summed E-state index contributed by atoms with van der Waals surface area (Å²) in [6.07, 6.45) is 6.98. The Hall–Kier alpha value is -0.240. The van der Waals surface area contributed by atoms with E-state index in [0.717, 1.165) is 25.7 Å². The molecule has 32 heavy (non-hydrogen) atoms. The molecule has 0 aromatic heterocycles. The number of hydrogen-bond acceptors (Lipinski definition) is 6. The Balaban J connectivity index is 1.22. The van der Waals surface area contributed by atoms with E-state index in [0.29, 0.717) is 42.6 Å². The lowest BCUT2D eigenvalue weighted by Crippen LogP contribution is -2.57. The van der Waals surface area contributed by atoms with Gasteiger partial charge < -0.3 is 29.9 Å². The van der Waals surface area contributed by atoms with Gasteiger partial charge >= 0.3 is 0 Å². The molecule has 4 saturated carbocycles. The van der Waals surface area contributed by atoms with Crippen molar-refractivity contribution >= 4 is 0 Å². The maximum atomic E-state index is 10.9. The lowest BCUT2D eigenvalue weighted by molar-refractivity contribution is -0.303. The lowest BCUT2D eigenvalue weighted by atomic mass is 9.44. The first-order chi connectivity index (χ1) is 15.2. The second kappa shape index (κ2) is 7.38. The summed E-state index contributed by atoms with van der Waals surface area (Å²) >= 11 is 0. The number of aliphatic hydroxyl groups is 4. The third-order valence-corrected chi connectivity index (χ3v) is 11.6. The Bertz CT molecular complexity index is 746. The molecule has 0 bridgehead atoms. The van der Waals surface area contributed by atoms with Crippen molar-refractivity contribution in [2.45, 2.75) is 102 Å². The zero-order valence-corrected chi connectivity index (χ0v) is 19.7. The van der Waals surface area contributed by atoms with Gasteiger partial charge in [0.05, 0.1) is 24.9 Å². The van der Waals surface area contributed by atoms with Gasteiger partial charge in [-0.25, -0.2) is 0 Å². The molecule has 4 N–H and O–H groups in total. The van der Waals surface area contributed by atoms with Crippen molar-refractivity contribution in [2.75, 3.05) is 13.2 Å². The number of aliphatic hydroxyl groups excluding tert-OH is 4. The van der Waals surface area contributed by atoms with Crippen molar-refractivity contribution in [3.8, 4) is 0 Å². The van der Waals surface area contributed by atoms with Crippen LogP contribution in [0.15, 0.2) is 0 Å². The predicted octanol–water partition coefficient (Wildman–Crippen LogP) is 2.46. The average molecular weight is 451 g/mol. The van der Waals surface area contributed by atoms with Gasteiger partial charge in [0.15, 0.2) is 5.79 Å². The van der Waals surface area contributed by atoms with Crippen molar-refractivity contribution in [3.05, 3.63) is 0 Å². The molecule has 2 aliphatic heterocycles. The predicted molar refractivity (Wildman–Crippen MR) is 117 cm³/mol. The van der Waals surface area contributed by atoms with Crippen LogP contribution in [0, 0.1) is 46.3 Å².